The van der Waals surface area contributed by atoms with Crippen molar-refractivity contribution in [2.24, 2.45) is 0 Å². The Labute approximate surface area is 116 Å². The van der Waals surface area contributed by atoms with E-state index < -0.39 is 5.97 Å². The number of nitrogen functional groups attached to an aromatic ring is 1. The van der Waals surface area contributed by atoms with E-state index in [-0.39, 0.29) is 11.5 Å². The number of anilines is 1. The largest absolute Gasteiger partial charge is 0.464 e. The summed E-state index contributed by atoms with van der Waals surface area (Å²) in [5, 5.41) is 0.644. The maximum absolute atomic E-state index is 11.6. The molecule has 0 aliphatic rings. The third kappa shape index (κ3) is 2.29. The zero-order valence-corrected chi connectivity index (χ0v) is 11.7. The van der Waals surface area contributed by atoms with Crippen LogP contribution in [-0.2, 0) is 4.74 Å². The molecule has 0 bridgehead atoms. The molecule has 0 unspecified atom stereocenters. The first kappa shape index (κ1) is 13.4. The van der Waals surface area contributed by atoms with Crippen molar-refractivity contribution in [2.75, 3.05) is 12.8 Å². The van der Waals surface area contributed by atoms with Crippen LogP contribution in [0.1, 0.15) is 21.9 Å². The van der Waals surface area contributed by atoms with Gasteiger partial charge in [0.2, 0.25) is 0 Å². The zero-order chi connectivity index (χ0) is 14.2. The van der Waals surface area contributed by atoms with E-state index in [0.717, 1.165) is 11.3 Å². The molecular weight excluding hydrogens is 266 g/mol. The average Bonchev–Trinajstić information content (AvgIpc) is 2.65. The van der Waals surface area contributed by atoms with E-state index in [4.69, 9.17) is 17.3 Å². The van der Waals surface area contributed by atoms with Gasteiger partial charge in [0, 0.05) is 5.02 Å². The number of benzene rings is 1. The van der Waals surface area contributed by atoms with E-state index in [9.17, 15) is 4.79 Å². The van der Waals surface area contributed by atoms with E-state index in [0.29, 0.717) is 10.8 Å². The molecule has 0 spiro atoms. The summed E-state index contributed by atoms with van der Waals surface area (Å²) in [4.78, 5) is 15.7. The summed E-state index contributed by atoms with van der Waals surface area (Å²) in [5.41, 5.74) is 7.88. The van der Waals surface area contributed by atoms with Gasteiger partial charge in [0.05, 0.1) is 12.8 Å². The minimum absolute atomic E-state index is 0.120. The predicted molar refractivity (Wildman–Crippen MR) is 73.8 cm³/mol. The number of esters is 1. The second-order valence-electron chi connectivity index (χ2n) is 4.15. The van der Waals surface area contributed by atoms with Crippen LogP contribution < -0.4 is 5.73 Å². The number of hydrogen-bond donors (Lipinski definition) is 1. The molecule has 0 saturated carbocycles. The Morgan fingerprint density at radius 2 is 2.11 bits per heavy atom. The van der Waals surface area contributed by atoms with Crippen molar-refractivity contribution >= 4 is 23.4 Å². The van der Waals surface area contributed by atoms with E-state index in [1.807, 2.05) is 19.1 Å². The van der Waals surface area contributed by atoms with Crippen LogP contribution in [0.15, 0.2) is 18.2 Å². The van der Waals surface area contributed by atoms with Crippen LogP contribution in [0.3, 0.4) is 0 Å². The monoisotopic (exact) mass is 279 g/mol. The normalized spacial score (nSPS) is 10.5. The molecule has 0 aliphatic carbocycles. The molecule has 0 saturated heterocycles. The molecule has 0 radical (unpaired) electrons. The standard InChI is InChI=1S/C13H14ClN3O2/c1-7-6-9(14)4-5-10(7)17-8(2)16-11(12(17)15)13(18)19-3/h4-6H,15H2,1-3H3. The second-order valence-corrected chi connectivity index (χ2v) is 4.59. The first-order valence-electron chi connectivity index (χ1n) is 5.65. The van der Waals surface area contributed by atoms with Crippen LogP contribution in [0, 0.1) is 13.8 Å². The summed E-state index contributed by atoms with van der Waals surface area (Å²) in [6.07, 6.45) is 0. The number of methoxy groups -OCH3 is 1. The molecule has 2 aromatic rings. The van der Waals surface area contributed by atoms with E-state index >= 15 is 0 Å². The van der Waals surface area contributed by atoms with E-state index in [2.05, 4.69) is 9.72 Å². The van der Waals surface area contributed by atoms with Crippen LogP contribution in [-0.4, -0.2) is 22.6 Å². The third-order valence-electron chi connectivity index (χ3n) is 2.86. The zero-order valence-electron chi connectivity index (χ0n) is 10.9. The first-order chi connectivity index (χ1) is 8.95. The van der Waals surface area contributed by atoms with Crippen molar-refractivity contribution in [3.63, 3.8) is 0 Å². The van der Waals surface area contributed by atoms with Gasteiger partial charge in [-0.2, -0.15) is 0 Å². The van der Waals surface area contributed by atoms with Gasteiger partial charge in [-0.25, -0.2) is 9.78 Å². The lowest BCUT2D eigenvalue weighted by molar-refractivity contribution is 0.0596. The lowest BCUT2D eigenvalue weighted by Crippen LogP contribution is -2.08. The molecule has 19 heavy (non-hydrogen) atoms. The van der Waals surface area contributed by atoms with Gasteiger partial charge in [0.25, 0.3) is 0 Å². The summed E-state index contributed by atoms with van der Waals surface area (Å²) in [7, 11) is 1.30. The highest BCUT2D eigenvalue weighted by atomic mass is 35.5. The number of rotatable bonds is 2. The SMILES string of the molecule is COC(=O)c1nc(C)n(-c2ccc(Cl)cc2C)c1N. The molecule has 0 amide bonds. The maximum Gasteiger partial charge on any atom is 0.360 e. The number of hydrogen-bond acceptors (Lipinski definition) is 4. The fourth-order valence-corrected chi connectivity index (χ4v) is 2.20. The molecule has 5 nitrogen and oxygen atoms in total. The maximum atomic E-state index is 11.6. The van der Waals surface area contributed by atoms with Crippen LogP contribution >= 0.6 is 11.6 Å². The first-order valence-corrected chi connectivity index (χ1v) is 6.03. The quantitative estimate of drug-likeness (QED) is 0.858. The molecule has 0 aliphatic heterocycles. The van der Waals surface area contributed by atoms with Crippen LogP contribution in [0.2, 0.25) is 5.02 Å². The smallest absolute Gasteiger partial charge is 0.360 e. The Bertz CT molecular complexity index is 650. The minimum Gasteiger partial charge on any atom is -0.464 e. The number of nitrogens with zero attached hydrogens (tertiary/aromatic N) is 2. The van der Waals surface area contributed by atoms with Gasteiger partial charge < -0.3 is 10.5 Å². The number of carbonyl (C=O) groups excluding carboxylic acids is 1. The fraction of sp³-hybridized carbons (Fsp3) is 0.231. The Kier molecular flexibility index (Phi) is 3.48. The van der Waals surface area contributed by atoms with Gasteiger partial charge in [-0.15, -0.1) is 0 Å². The Balaban J connectivity index is 2.63. The van der Waals surface area contributed by atoms with Gasteiger partial charge in [-0.1, -0.05) is 11.6 Å². The number of nitrogens with two attached hydrogens (primary N) is 1. The lowest BCUT2D eigenvalue weighted by Gasteiger charge is -2.11. The van der Waals surface area contributed by atoms with Crippen molar-refractivity contribution in [1.29, 1.82) is 0 Å². The van der Waals surface area contributed by atoms with Gasteiger partial charge >= 0.3 is 5.97 Å². The summed E-state index contributed by atoms with van der Waals surface area (Å²) in [5.74, 6) is 0.323. The van der Waals surface area contributed by atoms with Crippen molar-refractivity contribution in [3.8, 4) is 5.69 Å². The van der Waals surface area contributed by atoms with Gasteiger partial charge in [0.15, 0.2) is 5.69 Å². The number of aryl methyl sites for hydroxylation is 2. The molecule has 0 atom stereocenters. The number of carbonyl (C=O) groups is 1. The highest BCUT2D eigenvalue weighted by Crippen LogP contribution is 2.25. The Hall–Kier alpha value is -2.01. The molecular formula is C13H14ClN3O2. The van der Waals surface area contributed by atoms with Gasteiger partial charge in [-0.05, 0) is 37.6 Å². The number of imidazole rings is 1. The highest BCUT2D eigenvalue weighted by Gasteiger charge is 2.20. The molecule has 100 valence electrons. The molecule has 2 rings (SSSR count). The van der Waals surface area contributed by atoms with Crippen LogP contribution in [0.5, 0.6) is 0 Å². The minimum atomic E-state index is -0.550. The molecule has 1 aromatic carbocycles. The van der Waals surface area contributed by atoms with Crippen molar-refractivity contribution in [3.05, 3.63) is 40.3 Å². The fourth-order valence-electron chi connectivity index (χ4n) is 1.97. The lowest BCUT2D eigenvalue weighted by atomic mass is 10.2. The van der Waals surface area contributed by atoms with Crippen molar-refractivity contribution < 1.29 is 9.53 Å². The molecule has 1 heterocycles. The van der Waals surface area contributed by atoms with Gasteiger partial charge in [-0.3, -0.25) is 4.57 Å². The van der Waals surface area contributed by atoms with Crippen LogP contribution in [0.4, 0.5) is 5.82 Å². The predicted octanol–water partition coefficient (Wildman–Crippen LogP) is 2.51. The molecule has 2 N–H and O–H groups in total. The topological polar surface area (TPSA) is 70.1 Å². The Morgan fingerprint density at radius 1 is 1.42 bits per heavy atom. The van der Waals surface area contributed by atoms with Crippen molar-refractivity contribution in [2.45, 2.75) is 13.8 Å². The molecule has 6 heteroatoms. The summed E-state index contributed by atoms with van der Waals surface area (Å²) in [6.45, 7) is 3.69. The molecule has 0 fully saturated rings. The summed E-state index contributed by atoms with van der Waals surface area (Å²) in [6, 6.07) is 5.43. The molecule has 1 aromatic heterocycles. The number of halogens is 1. The summed E-state index contributed by atoms with van der Waals surface area (Å²) < 4.78 is 6.36. The highest BCUT2D eigenvalue weighted by molar-refractivity contribution is 6.30. The number of aromatic nitrogens is 2. The third-order valence-corrected chi connectivity index (χ3v) is 3.09. The van der Waals surface area contributed by atoms with E-state index in [1.165, 1.54) is 7.11 Å². The summed E-state index contributed by atoms with van der Waals surface area (Å²) >= 11 is 5.93. The van der Waals surface area contributed by atoms with Gasteiger partial charge in [0.1, 0.15) is 11.6 Å². The number of ether oxygens (including phenoxy) is 1. The van der Waals surface area contributed by atoms with E-state index in [1.54, 1.807) is 17.6 Å². The Morgan fingerprint density at radius 3 is 2.68 bits per heavy atom. The van der Waals surface area contributed by atoms with Crippen molar-refractivity contribution in [1.82, 2.24) is 9.55 Å². The average molecular weight is 280 g/mol. The van der Waals surface area contributed by atoms with Crippen LogP contribution in [0.25, 0.3) is 5.69 Å². The second kappa shape index (κ2) is 4.93.